The van der Waals surface area contributed by atoms with Crippen LogP contribution in [0.2, 0.25) is 0 Å². The number of rotatable bonds is 3. The standard InChI is InChI=1S/C20H16F2O/c1-13-3-5-14(6-4-13)17-9-7-15(11-19(17)21)18-10-8-16(23-2)12-20(18)22/h3-12H,1-2H3. The van der Waals surface area contributed by atoms with Gasteiger partial charge in [-0.25, -0.2) is 8.78 Å². The number of hydrogen-bond donors (Lipinski definition) is 0. The molecule has 0 radical (unpaired) electrons. The van der Waals surface area contributed by atoms with Crippen molar-refractivity contribution in [2.24, 2.45) is 0 Å². The molecule has 0 saturated heterocycles. The van der Waals surface area contributed by atoms with Gasteiger partial charge in [-0.05, 0) is 36.2 Å². The summed E-state index contributed by atoms with van der Waals surface area (Å²) in [4.78, 5) is 0. The summed E-state index contributed by atoms with van der Waals surface area (Å²) in [6, 6.07) is 16.9. The van der Waals surface area contributed by atoms with E-state index in [1.165, 1.54) is 19.2 Å². The lowest BCUT2D eigenvalue weighted by molar-refractivity contribution is 0.411. The second kappa shape index (κ2) is 6.21. The predicted octanol–water partition coefficient (Wildman–Crippen LogP) is 5.62. The van der Waals surface area contributed by atoms with Gasteiger partial charge in [0.05, 0.1) is 7.11 Å². The van der Waals surface area contributed by atoms with Gasteiger partial charge in [0.1, 0.15) is 17.4 Å². The molecule has 3 rings (SSSR count). The van der Waals surface area contributed by atoms with E-state index in [0.717, 1.165) is 11.1 Å². The maximum absolute atomic E-state index is 14.5. The summed E-state index contributed by atoms with van der Waals surface area (Å²) in [5.41, 5.74) is 3.27. The molecule has 0 atom stereocenters. The second-order valence-electron chi connectivity index (χ2n) is 5.41. The molecular formula is C20H16F2O. The third-order valence-electron chi connectivity index (χ3n) is 3.82. The molecule has 3 heteroatoms. The fourth-order valence-corrected chi connectivity index (χ4v) is 2.51. The fourth-order valence-electron chi connectivity index (χ4n) is 2.51. The zero-order valence-corrected chi connectivity index (χ0v) is 12.9. The van der Waals surface area contributed by atoms with E-state index in [4.69, 9.17) is 4.74 Å². The van der Waals surface area contributed by atoms with E-state index >= 15 is 0 Å². The Morgan fingerprint density at radius 1 is 0.696 bits per heavy atom. The Bertz CT molecular complexity index is 839. The highest BCUT2D eigenvalue weighted by atomic mass is 19.1. The van der Waals surface area contributed by atoms with Crippen molar-refractivity contribution in [3.05, 3.63) is 77.9 Å². The van der Waals surface area contributed by atoms with Crippen LogP contribution in [-0.2, 0) is 0 Å². The maximum atomic E-state index is 14.5. The summed E-state index contributed by atoms with van der Waals surface area (Å²) in [6.45, 7) is 1.98. The molecule has 0 aliphatic rings. The van der Waals surface area contributed by atoms with Gasteiger partial charge in [-0.1, -0.05) is 42.0 Å². The van der Waals surface area contributed by atoms with Crippen LogP contribution < -0.4 is 4.74 Å². The molecule has 3 aromatic carbocycles. The lowest BCUT2D eigenvalue weighted by Crippen LogP contribution is -1.90. The average molecular weight is 310 g/mol. The zero-order valence-electron chi connectivity index (χ0n) is 12.9. The van der Waals surface area contributed by atoms with E-state index < -0.39 is 5.82 Å². The Labute approximate surface area is 134 Å². The fraction of sp³-hybridized carbons (Fsp3) is 0.100. The predicted molar refractivity (Wildman–Crippen MR) is 88.5 cm³/mol. The Morgan fingerprint density at radius 3 is 1.87 bits per heavy atom. The van der Waals surface area contributed by atoms with Crippen LogP contribution in [0.4, 0.5) is 8.78 Å². The van der Waals surface area contributed by atoms with Gasteiger partial charge in [0, 0.05) is 17.2 Å². The smallest absolute Gasteiger partial charge is 0.134 e. The zero-order chi connectivity index (χ0) is 16.4. The molecule has 0 N–H and O–H groups in total. The number of benzene rings is 3. The number of halogens is 2. The highest BCUT2D eigenvalue weighted by molar-refractivity contribution is 5.71. The first kappa shape index (κ1) is 15.2. The van der Waals surface area contributed by atoms with E-state index in [0.29, 0.717) is 22.4 Å². The van der Waals surface area contributed by atoms with E-state index in [2.05, 4.69) is 0 Å². The Morgan fingerprint density at radius 2 is 1.26 bits per heavy atom. The van der Waals surface area contributed by atoms with Crippen molar-refractivity contribution in [2.75, 3.05) is 7.11 Å². The quantitative estimate of drug-likeness (QED) is 0.610. The highest BCUT2D eigenvalue weighted by Gasteiger charge is 2.11. The first-order valence-corrected chi connectivity index (χ1v) is 7.29. The van der Waals surface area contributed by atoms with E-state index in [9.17, 15) is 8.78 Å². The van der Waals surface area contributed by atoms with Crippen LogP contribution >= 0.6 is 0 Å². The van der Waals surface area contributed by atoms with Gasteiger partial charge >= 0.3 is 0 Å². The van der Waals surface area contributed by atoms with E-state index in [-0.39, 0.29) is 5.82 Å². The van der Waals surface area contributed by atoms with Crippen molar-refractivity contribution in [3.63, 3.8) is 0 Å². The van der Waals surface area contributed by atoms with Crippen LogP contribution in [0.15, 0.2) is 60.7 Å². The third-order valence-corrected chi connectivity index (χ3v) is 3.82. The third kappa shape index (κ3) is 3.09. The second-order valence-corrected chi connectivity index (χ2v) is 5.41. The molecule has 0 aliphatic carbocycles. The van der Waals surface area contributed by atoms with Crippen LogP contribution in [-0.4, -0.2) is 7.11 Å². The van der Waals surface area contributed by atoms with Crippen LogP contribution in [0.1, 0.15) is 5.56 Å². The van der Waals surface area contributed by atoms with Crippen LogP contribution in [0.5, 0.6) is 5.75 Å². The summed E-state index contributed by atoms with van der Waals surface area (Å²) in [6.07, 6.45) is 0. The minimum atomic E-state index is -0.438. The Kier molecular flexibility index (Phi) is 4.11. The molecule has 0 unspecified atom stereocenters. The first-order valence-electron chi connectivity index (χ1n) is 7.29. The normalized spacial score (nSPS) is 10.6. The summed E-state index contributed by atoms with van der Waals surface area (Å²) in [5, 5.41) is 0. The summed E-state index contributed by atoms with van der Waals surface area (Å²) in [7, 11) is 1.48. The highest BCUT2D eigenvalue weighted by Crippen LogP contribution is 2.30. The summed E-state index contributed by atoms with van der Waals surface area (Å²) < 4.78 is 33.6. The molecule has 0 bridgehead atoms. The number of ether oxygens (including phenoxy) is 1. The van der Waals surface area contributed by atoms with Crippen LogP contribution in [0.3, 0.4) is 0 Å². The molecule has 23 heavy (non-hydrogen) atoms. The molecular weight excluding hydrogens is 294 g/mol. The SMILES string of the molecule is COc1ccc(-c2ccc(-c3ccc(C)cc3)c(F)c2)c(F)c1. The van der Waals surface area contributed by atoms with Crippen molar-refractivity contribution >= 4 is 0 Å². The van der Waals surface area contributed by atoms with Crippen molar-refractivity contribution in [3.8, 4) is 28.0 Å². The molecule has 0 aromatic heterocycles. The molecule has 0 heterocycles. The minimum Gasteiger partial charge on any atom is -0.497 e. The van der Waals surface area contributed by atoms with Gasteiger partial charge in [0.15, 0.2) is 0 Å². The Hall–Kier alpha value is -2.68. The maximum Gasteiger partial charge on any atom is 0.134 e. The van der Waals surface area contributed by atoms with Gasteiger partial charge in [-0.3, -0.25) is 0 Å². The average Bonchev–Trinajstić information content (AvgIpc) is 2.55. The summed E-state index contributed by atoms with van der Waals surface area (Å²) >= 11 is 0. The molecule has 0 amide bonds. The largest absolute Gasteiger partial charge is 0.497 e. The van der Waals surface area contributed by atoms with Gasteiger partial charge in [-0.2, -0.15) is 0 Å². The van der Waals surface area contributed by atoms with Crippen molar-refractivity contribution in [1.29, 1.82) is 0 Å². The number of aryl methyl sites for hydroxylation is 1. The van der Waals surface area contributed by atoms with Gasteiger partial charge in [-0.15, -0.1) is 0 Å². The van der Waals surface area contributed by atoms with Crippen LogP contribution in [0.25, 0.3) is 22.3 Å². The minimum absolute atomic E-state index is 0.347. The topological polar surface area (TPSA) is 9.23 Å². The van der Waals surface area contributed by atoms with Crippen molar-refractivity contribution < 1.29 is 13.5 Å². The summed E-state index contributed by atoms with van der Waals surface area (Å²) in [5.74, 6) is -0.378. The number of hydrogen-bond acceptors (Lipinski definition) is 1. The van der Waals surface area contributed by atoms with E-state index in [1.54, 1.807) is 24.3 Å². The van der Waals surface area contributed by atoms with Crippen LogP contribution in [0, 0.1) is 18.6 Å². The molecule has 3 aromatic rings. The molecule has 0 saturated carbocycles. The molecule has 0 spiro atoms. The molecule has 0 aliphatic heterocycles. The Balaban J connectivity index is 2.00. The van der Waals surface area contributed by atoms with Crippen molar-refractivity contribution in [1.82, 2.24) is 0 Å². The molecule has 0 fully saturated rings. The van der Waals surface area contributed by atoms with Gasteiger partial charge in [0.2, 0.25) is 0 Å². The van der Waals surface area contributed by atoms with Gasteiger partial charge < -0.3 is 4.74 Å². The molecule has 1 nitrogen and oxygen atoms in total. The van der Waals surface area contributed by atoms with Crippen molar-refractivity contribution in [2.45, 2.75) is 6.92 Å². The number of methoxy groups -OCH3 is 1. The van der Waals surface area contributed by atoms with E-state index in [1.807, 2.05) is 31.2 Å². The lowest BCUT2D eigenvalue weighted by atomic mass is 9.98. The first-order chi connectivity index (χ1) is 11.1. The monoisotopic (exact) mass is 310 g/mol. The lowest BCUT2D eigenvalue weighted by Gasteiger charge is -2.09. The molecule has 116 valence electrons. The van der Waals surface area contributed by atoms with Gasteiger partial charge in [0.25, 0.3) is 0 Å².